The lowest BCUT2D eigenvalue weighted by molar-refractivity contribution is -0.155. The van der Waals surface area contributed by atoms with Crippen LogP contribution in [0.5, 0.6) is 0 Å². The van der Waals surface area contributed by atoms with Gasteiger partial charge in [0.1, 0.15) is 6.54 Å². The quantitative estimate of drug-likeness (QED) is 0.653. The molecule has 0 saturated carbocycles. The molecule has 3 N–H and O–H groups in total. The number of carbonyl (C=O) groups is 4. The van der Waals surface area contributed by atoms with Gasteiger partial charge in [-0.15, -0.1) is 0 Å². The minimum absolute atomic E-state index is 0.0368. The van der Waals surface area contributed by atoms with E-state index in [0.717, 1.165) is 0 Å². The van der Waals surface area contributed by atoms with Crippen molar-refractivity contribution in [3.63, 3.8) is 0 Å². The van der Waals surface area contributed by atoms with Crippen LogP contribution in [0.1, 0.15) is 22.2 Å². The van der Waals surface area contributed by atoms with Crippen molar-refractivity contribution in [2.75, 3.05) is 13.6 Å². The lowest BCUT2D eigenvalue weighted by atomic mass is 10.1. The molecule has 1 heterocycles. The van der Waals surface area contributed by atoms with Crippen molar-refractivity contribution in [3.05, 3.63) is 60.1 Å². The first-order valence-electron chi connectivity index (χ1n) is 7.60. The Labute approximate surface area is 148 Å². The highest BCUT2D eigenvalue weighted by Crippen LogP contribution is 2.17. The van der Waals surface area contributed by atoms with Crippen LogP contribution < -0.4 is 16.0 Å². The van der Waals surface area contributed by atoms with Crippen LogP contribution >= 0.6 is 0 Å². The number of hydrogen-bond donors (Lipinski definition) is 3. The van der Waals surface area contributed by atoms with Gasteiger partial charge in [-0.05, 0) is 12.1 Å². The molecule has 1 atom stereocenters. The van der Waals surface area contributed by atoms with Crippen molar-refractivity contribution in [3.8, 4) is 0 Å². The van der Waals surface area contributed by atoms with E-state index >= 15 is 0 Å². The minimum atomic E-state index is -1.35. The zero-order valence-electron chi connectivity index (χ0n) is 13.9. The average molecular weight is 359 g/mol. The zero-order valence-corrected chi connectivity index (χ0v) is 13.9. The molecule has 0 saturated heterocycles. The average Bonchev–Trinajstić information content (AvgIpc) is 3.19. The summed E-state index contributed by atoms with van der Waals surface area (Å²) in [7, 11) is 1.34. The molecule has 26 heavy (non-hydrogen) atoms. The summed E-state index contributed by atoms with van der Waals surface area (Å²) in [5.74, 6) is -2.24. The summed E-state index contributed by atoms with van der Waals surface area (Å²) in [6, 6.07) is 10.4. The van der Waals surface area contributed by atoms with Gasteiger partial charge in [0.05, 0.1) is 6.26 Å². The molecule has 9 nitrogen and oxygen atoms in total. The number of hydrogen-bond acceptors (Lipinski definition) is 6. The van der Waals surface area contributed by atoms with Crippen molar-refractivity contribution in [1.29, 1.82) is 0 Å². The number of benzene rings is 1. The van der Waals surface area contributed by atoms with E-state index in [1.54, 1.807) is 30.3 Å². The molecule has 0 radical (unpaired) electrons. The van der Waals surface area contributed by atoms with Crippen molar-refractivity contribution in [1.82, 2.24) is 16.0 Å². The predicted octanol–water partition coefficient (Wildman–Crippen LogP) is 0.750. The first kappa shape index (κ1) is 18.7. The standard InChI is InChI=1S/C17H17N3O6/c1-18-17(24)20-16(23)14(11-6-3-2-4-7-11)26-13(21)10-19-15(22)12-8-5-9-25-12/h2-9,14H,10H2,1H3,(H,19,22)(H2,18,20,23,24). The van der Waals surface area contributed by atoms with Crippen molar-refractivity contribution < 1.29 is 28.3 Å². The third-order valence-corrected chi connectivity index (χ3v) is 3.19. The number of ether oxygens (including phenoxy) is 1. The Morgan fingerprint density at radius 1 is 1.08 bits per heavy atom. The number of imide groups is 1. The Kier molecular flexibility index (Phi) is 6.49. The molecule has 4 amide bonds. The maximum atomic E-state index is 12.2. The van der Waals surface area contributed by atoms with E-state index < -0.39 is 36.5 Å². The monoisotopic (exact) mass is 359 g/mol. The van der Waals surface area contributed by atoms with Gasteiger partial charge < -0.3 is 19.8 Å². The Morgan fingerprint density at radius 2 is 1.81 bits per heavy atom. The highest BCUT2D eigenvalue weighted by Gasteiger charge is 2.26. The molecule has 1 aromatic carbocycles. The third-order valence-electron chi connectivity index (χ3n) is 3.19. The number of furan rings is 1. The van der Waals surface area contributed by atoms with Gasteiger partial charge in [0.15, 0.2) is 5.76 Å². The molecule has 9 heteroatoms. The van der Waals surface area contributed by atoms with Gasteiger partial charge in [-0.3, -0.25) is 19.7 Å². The molecule has 0 aliphatic rings. The van der Waals surface area contributed by atoms with E-state index in [4.69, 9.17) is 9.15 Å². The molecule has 1 unspecified atom stereocenters. The number of nitrogens with one attached hydrogen (secondary N) is 3. The smallest absolute Gasteiger partial charge is 0.326 e. The van der Waals surface area contributed by atoms with Gasteiger partial charge in [0, 0.05) is 12.6 Å². The van der Waals surface area contributed by atoms with Crippen molar-refractivity contribution in [2.45, 2.75) is 6.10 Å². The lowest BCUT2D eigenvalue weighted by Gasteiger charge is -2.17. The summed E-state index contributed by atoms with van der Waals surface area (Å²) in [4.78, 5) is 47.3. The van der Waals surface area contributed by atoms with Gasteiger partial charge in [-0.25, -0.2) is 4.79 Å². The predicted molar refractivity (Wildman–Crippen MR) is 88.9 cm³/mol. The first-order valence-corrected chi connectivity index (χ1v) is 7.60. The van der Waals surface area contributed by atoms with Gasteiger partial charge in [0.25, 0.3) is 11.8 Å². The molecule has 1 aromatic heterocycles. The van der Waals surface area contributed by atoms with Crippen LogP contribution in [-0.2, 0) is 14.3 Å². The summed E-state index contributed by atoms with van der Waals surface area (Å²) in [5, 5.41) is 6.60. The summed E-state index contributed by atoms with van der Waals surface area (Å²) < 4.78 is 10.0. The summed E-state index contributed by atoms with van der Waals surface area (Å²) in [5.41, 5.74) is 0.375. The second-order valence-electron chi connectivity index (χ2n) is 5.01. The van der Waals surface area contributed by atoms with Gasteiger partial charge in [0.2, 0.25) is 6.10 Å². The Morgan fingerprint density at radius 3 is 2.42 bits per heavy atom. The van der Waals surface area contributed by atoms with E-state index in [9.17, 15) is 19.2 Å². The molecule has 0 fully saturated rings. The maximum absolute atomic E-state index is 12.2. The van der Waals surface area contributed by atoms with E-state index in [0.29, 0.717) is 5.56 Å². The second-order valence-corrected chi connectivity index (χ2v) is 5.01. The van der Waals surface area contributed by atoms with Crippen LogP contribution in [0.2, 0.25) is 0 Å². The fraction of sp³-hybridized carbons (Fsp3) is 0.176. The van der Waals surface area contributed by atoms with Crippen LogP contribution in [0, 0.1) is 0 Å². The normalized spacial score (nSPS) is 11.1. The lowest BCUT2D eigenvalue weighted by Crippen LogP contribution is -2.42. The minimum Gasteiger partial charge on any atom is -0.459 e. The van der Waals surface area contributed by atoms with Gasteiger partial charge >= 0.3 is 12.0 Å². The molecular weight excluding hydrogens is 342 g/mol. The molecule has 0 spiro atoms. The van der Waals surface area contributed by atoms with Gasteiger partial charge in [-0.2, -0.15) is 0 Å². The number of urea groups is 1. The van der Waals surface area contributed by atoms with Crippen LogP contribution in [0.3, 0.4) is 0 Å². The second kappa shape index (κ2) is 9.02. The zero-order chi connectivity index (χ0) is 18.9. The first-order chi connectivity index (χ1) is 12.5. The number of esters is 1. The number of carbonyl (C=O) groups excluding carboxylic acids is 4. The highest BCUT2D eigenvalue weighted by atomic mass is 16.5. The highest BCUT2D eigenvalue weighted by molar-refractivity contribution is 5.98. The fourth-order valence-electron chi connectivity index (χ4n) is 1.96. The Bertz CT molecular complexity index is 773. The number of rotatable bonds is 6. The van der Waals surface area contributed by atoms with Crippen LogP contribution in [0.15, 0.2) is 53.1 Å². The van der Waals surface area contributed by atoms with Crippen LogP contribution in [0.4, 0.5) is 4.79 Å². The summed E-state index contributed by atoms with van der Waals surface area (Å²) >= 11 is 0. The largest absolute Gasteiger partial charge is 0.459 e. The van der Waals surface area contributed by atoms with E-state index in [2.05, 4.69) is 16.0 Å². The number of amides is 4. The van der Waals surface area contributed by atoms with Gasteiger partial charge in [-0.1, -0.05) is 30.3 Å². The van der Waals surface area contributed by atoms with Crippen molar-refractivity contribution in [2.24, 2.45) is 0 Å². The van der Waals surface area contributed by atoms with Crippen molar-refractivity contribution >= 4 is 23.8 Å². The Hall–Kier alpha value is -3.62. The molecule has 0 aliphatic carbocycles. The molecule has 2 rings (SSSR count). The Balaban J connectivity index is 2.01. The van der Waals surface area contributed by atoms with E-state index in [-0.39, 0.29) is 5.76 Å². The fourth-order valence-corrected chi connectivity index (χ4v) is 1.96. The molecule has 2 aromatic rings. The SMILES string of the molecule is CNC(=O)NC(=O)C(OC(=O)CNC(=O)c1ccco1)c1ccccc1. The van der Waals surface area contributed by atoms with E-state index in [1.165, 1.54) is 25.4 Å². The topological polar surface area (TPSA) is 127 Å². The molecule has 0 bridgehead atoms. The molecular formula is C17H17N3O6. The third kappa shape index (κ3) is 5.20. The summed E-state index contributed by atoms with van der Waals surface area (Å²) in [6.45, 7) is -0.476. The molecule has 136 valence electrons. The van der Waals surface area contributed by atoms with Crippen LogP contribution in [0.25, 0.3) is 0 Å². The van der Waals surface area contributed by atoms with Crippen LogP contribution in [-0.4, -0.2) is 37.4 Å². The molecule has 0 aliphatic heterocycles. The maximum Gasteiger partial charge on any atom is 0.326 e. The summed E-state index contributed by atoms with van der Waals surface area (Å²) in [6.07, 6.45) is -0.0246. The van der Waals surface area contributed by atoms with E-state index in [1.807, 2.05) is 0 Å².